The van der Waals surface area contributed by atoms with E-state index in [0.29, 0.717) is 19.3 Å². The SMILES string of the molecule is N#CCC[C@H](C#N)CN1C(=O)[C@H]2CC=CC[C@H]2C1=O. The molecule has 0 aromatic carbocycles. The normalized spacial score (nSPS) is 26.7. The summed E-state index contributed by atoms with van der Waals surface area (Å²) in [5.41, 5.74) is 0. The molecule has 19 heavy (non-hydrogen) atoms. The summed E-state index contributed by atoms with van der Waals surface area (Å²) in [6.07, 6.45) is 5.77. The van der Waals surface area contributed by atoms with Crippen molar-refractivity contribution >= 4 is 11.8 Å². The van der Waals surface area contributed by atoms with Crippen molar-refractivity contribution in [2.75, 3.05) is 6.54 Å². The Labute approximate surface area is 112 Å². The fourth-order valence-corrected chi connectivity index (χ4v) is 2.70. The number of hydrogen-bond donors (Lipinski definition) is 0. The first-order chi connectivity index (χ1) is 9.19. The molecule has 0 aromatic heterocycles. The summed E-state index contributed by atoms with van der Waals surface area (Å²) >= 11 is 0. The highest BCUT2D eigenvalue weighted by molar-refractivity contribution is 6.05. The lowest BCUT2D eigenvalue weighted by molar-refractivity contribution is -0.140. The molecule has 1 saturated heterocycles. The molecule has 2 amide bonds. The third kappa shape index (κ3) is 2.51. The molecule has 3 atom stereocenters. The van der Waals surface area contributed by atoms with Crippen molar-refractivity contribution in [2.24, 2.45) is 17.8 Å². The number of imide groups is 1. The van der Waals surface area contributed by atoms with E-state index in [2.05, 4.69) is 6.07 Å². The molecule has 1 aliphatic carbocycles. The van der Waals surface area contributed by atoms with Gasteiger partial charge in [0.15, 0.2) is 0 Å². The van der Waals surface area contributed by atoms with Gasteiger partial charge in [0.05, 0.1) is 29.9 Å². The van der Waals surface area contributed by atoms with Crippen LogP contribution in [0.4, 0.5) is 0 Å². The fourth-order valence-electron chi connectivity index (χ4n) is 2.70. The Morgan fingerprint density at radius 3 is 2.26 bits per heavy atom. The van der Waals surface area contributed by atoms with E-state index in [1.165, 1.54) is 4.90 Å². The van der Waals surface area contributed by atoms with Crippen LogP contribution in [-0.2, 0) is 9.59 Å². The van der Waals surface area contributed by atoms with Gasteiger partial charge in [0, 0.05) is 13.0 Å². The van der Waals surface area contributed by atoms with Crippen LogP contribution in [0.25, 0.3) is 0 Å². The zero-order chi connectivity index (χ0) is 13.8. The van der Waals surface area contributed by atoms with E-state index in [1.54, 1.807) is 0 Å². The van der Waals surface area contributed by atoms with E-state index < -0.39 is 5.92 Å². The van der Waals surface area contributed by atoms with Gasteiger partial charge in [0.25, 0.3) is 0 Å². The molecule has 2 rings (SSSR count). The molecule has 0 N–H and O–H groups in total. The number of amides is 2. The number of likely N-dealkylation sites (tertiary alicyclic amines) is 1. The first kappa shape index (κ1) is 13.3. The van der Waals surface area contributed by atoms with E-state index in [-0.39, 0.29) is 36.6 Å². The standard InChI is InChI=1S/C14H15N3O2/c15-7-3-4-10(8-16)9-17-13(18)11-5-1-2-6-12(11)14(17)19/h1-2,10-12H,3-6,9H2/t10-,11-,12+/m1/s1. The minimum absolute atomic E-state index is 0.128. The van der Waals surface area contributed by atoms with Crippen LogP contribution in [0.5, 0.6) is 0 Å². The molecule has 98 valence electrons. The van der Waals surface area contributed by atoms with Crippen molar-refractivity contribution in [3.05, 3.63) is 12.2 Å². The lowest BCUT2D eigenvalue weighted by Crippen LogP contribution is -2.35. The number of nitrogens with zero attached hydrogens (tertiary/aromatic N) is 3. The molecular weight excluding hydrogens is 242 g/mol. The van der Waals surface area contributed by atoms with Crippen LogP contribution in [0.2, 0.25) is 0 Å². The summed E-state index contributed by atoms with van der Waals surface area (Å²) in [4.78, 5) is 25.6. The van der Waals surface area contributed by atoms with Gasteiger partial charge >= 0.3 is 0 Å². The Morgan fingerprint density at radius 1 is 1.21 bits per heavy atom. The molecule has 1 fully saturated rings. The molecule has 5 heteroatoms. The summed E-state index contributed by atoms with van der Waals surface area (Å²) in [5, 5.41) is 17.6. The number of allylic oxidation sites excluding steroid dienone is 2. The largest absolute Gasteiger partial charge is 0.281 e. The van der Waals surface area contributed by atoms with Crippen LogP contribution in [0.3, 0.4) is 0 Å². The Balaban J connectivity index is 2.05. The van der Waals surface area contributed by atoms with Gasteiger partial charge in [-0.05, 0) is 19.3 Å². The summed E-state index contributed by atoms with van der Waals surface area (Å²) < 4.78 is 0. The minimum Gasteiger partial charge on any atom is -0.281 e. The molecule has 5 nitrogen and oxygen atoms in total. The maximum Gasteiger partial charge on any atom is 0.233 e. The van der Waals surface area contributed by atoms with Crippen molar-refractivity contribution in [3.63, 3.8) is 0 Å². The highest BCUT2D eigenvalue weighted by atomic mass is 16.2. The van der Waals surface area contributed by atoms with Gasteiger partial charge < -0.3 is 0 Å². The fraction of sp³-hybridized carbons (Fsp3) is 0.571. The van der Waals surface area contributed by atoms with Crippen LogP contribution in [0, 0.1) is 40.4 Å². The maximum absolute atomic E-state index is 12.2. The van der Waals surface area contributed by atoms with E-state index in [9.17, 15) is 9.59 Å². The van der Waals surface area contributed by atoms with Crippen molar-refractivity contribution in [1.29, 1.82) is 10.5 Å². The quantitative estimate of drug-likeness (QED) is 0.562. The number of hydrogen-bond acceptors (Lipinski definition) is 4. The summed E-state index contributed by atoms with van der Waals surface area (Å²) in [7, 11) is 0. The van der Waals surface area contributed by atoms with E-state index in [4.69, 9.17) is 10.5 Å². The monoisotopic (exact) mass is 257 g/mol. The Kier molecular flexibility index (Phi) is 3.97. The zero-order valence-corrected chi connectivity index (χ0v) is 10.6. The van der Waals surface area contributed by atoms with Crippen molar-refractivity contribution in [2.45, 2.75) is 25.7 Å². The molecule has 1 heterocycles. The third-order valence-electron chi connectivity index (χ3n) is 3.79. The zero-order valence-electron chi connectivity index (χ0n) is 10.6. The van der Waals surface area contributed by atoms with Gasteiger partial charge in [-0.2, -0.15) is 10.5 Å². The van der Waals surface area contributed by atoms with Crippen LogP contribution < -0.4 is 0 Å². The molecule has 1 aliphatic heterocycles. The summed E-state index contributed by atoms with van der Waals surface area (Å²) in [5.74, 6) is -1.24. The average Bonchev–Trinajstić information content (AvgIpc) is 2.68. The molecule has 0 spiro atoms. The third-order valence-corrected chi connectivity index (χ3v) is 3.79. The molecule has 2 aliphatic rings. The Hall–Kier alpha value is -2.14. The first-order valence-electron chi connectivity index (χ1n) is 6.45. The molecule has 0 aromatic rings. The van der Waals surface area contributed by atoms with Gasteiger partial charge in [-0.25, -0.2) is 0 Å². The van der Waals surface area contributed by atoms with E-state index in [1.807, 2.05) is 18.2 Å². The van der Waals surface area contributed by atoms with Crippen LogP contribution in [0.15, 0.2) is 12.2 Å². The van der Waals surface area contributed by atoms with Crippen LogP contribution >= 0.6 is 0 Å². The Bertz CT molecular complexity index is 472. The molecule has 0 unspecified atom stereocenters. The predicted molar refractivity (Wildman–Crippen MR) is 66.0 cm³/mol. The van der Waals surface area contributed by atoms with Gasteiger partial charge in [0.2, 0.25) is 11.8 Å². The van der Waals surface area contributed by atoms with Crippen LogP contribution in [-0.4, -0.2) is 23.3 Å². The minimum atomic E-state index is -0.444. The smallest absolute Gasteiger partial charge is 0.233 e. The van der Waals surface area contributed by atoms with Crippen molar-refractivity contribution in [1.82, 2.24) is 4.90 Å². The number of carbonyl (C=O) groups excluding carboxylic acids is 2. The van der Waals surface area contributed by atoms with Gasteiger partial charge in [-0.1, -0.05) is 12.2 Å². The Morgan fingerprint density at radius 2 is 1.79 bits per heavy atom. The topological polar surface area (TPSA) is 85.0 Å². The highest BCUT2D eigenvalue weighted by Crippen LogP contribution is 2.35. The summed E-state index contributed by atoms with van der Waals surface area (Å²) in [6, 6.07) is 4.05. The predicted octanol–water partition coefficient (Wildman–Crippen LogP) is 1.38. The average molecular weight is 257 g/mol. The number of fused-ring (bicyclic) bond motifs is 1. The van der Waals surface area contributed by atoms with Gasteiger partial charge in [-0.15, -0.1) is 0 Å². The second kappa shape index (κ2) is 5.67. The first-order valence-corrected chi connectivity index (χ1v) is 6.45. The molecule has 0 radical (unpaired) electrons. The van der Waals surface area contributed by atoms with Crippen molar-refractivity contribution < 1.29 is 9.59 Å². The highest BCUT2D eigenvalue weighted by Gasteiger charge is 2.47. The van der Waals surface area contributed by atoms with E-state index in [0.717, 1.165) is 0 Å². The van der Waals surface area contributed by atoms with Crippen LogP contribution in [0.1, 0.15) is 25.7 Å². The second-order valence-corrected chi connectivity index (χ2v) is 4.97. The second-order valence-electron chi connectivity index (χ2n) is 4.97. The summed E-state index contributed by atoms with van der Waals surface area (Å²) in [6.45, 7) is 0.128. The lowest BCUT2D eigenvalue weighted by Gasteiger charge is -2.17. The molecule has 0 bridgehead atoms. The van der Waals surface area contributed by atoms with Crippen molar-refractivity contribution in [3.8, 4) is 12.1 Å². The van der Waals surface area contributed by atoms with E-state index >= 15 is 0 Å². The number of rotatable bonds is 4. The molecular formula is C14H15N3O2. The molecule has 0 saturated carbocycles. The van der Waals surface area contributed by atoms with Gasteiger partial charge in [0.1, 0.15) is 0 Å². The number of nitriles is 2. The lowest BCUT2D eigenvalue weighted by atomic mass is 9.85. The van der Waals surface area contributed by atoms with Gasteiger partial charge in [-0.3, -0.25) is 14.5 Å². The maximum atomic E-state index is 12.2. The number of carbonyl (C=O) groups is 2.